The molecular weight excluding hydrogens is 302 g/mol. The number of aromatic nitrogens is 1. The summed E-state index contributed by atoms with van der Waals surface area (Å²) in [7, 11) is 3.11. The van der Waals surface area contributed by atoms with Crippen molar-refractivity contribution in [3.63, 3.8) is 0 Å². The minimum absolute atomic E-state index is 0.255. The van der Waals surface area contributed by atoms with Crippen molar-refractivity contribution in [2.75, 3.05) is 26.1 Å². The molecule has 2 rings (SSSR count). The predicted octanol–water partition coefficient (Wildman–Crippen LogP) is 1.99. The van der Waals surface area contributed by atoms with Gasteiger partial charge in [-0.05, 0) is 25.1 Å². The Kier molecular flexibility index (Phi) is 5.56. The van der Waals surface area contributed by atoms with Gasteiger partial charge in [0, 0.05) is 11.6 Å². The first-order valence-electron chi connectivity index (χ1n) is 6.73. The summed E-state index contributed by atoms with van der Waals surface area (Å²) in [6, 6.07) is 6.86. The minimum atomic E-state index is -0.395. The van der Waals surface area contributed by atoms with Crippen molar-refractivity contribution in [1.29, 1.82) is 0 Å². The zero-order chi connectivity index (χ0) is 16.7. The van der Waals surface area contributed by atoms with E-state index < -0.39 is 5.91 Å². The van der Waals surface area contributed by atoms with Gasteiger partial charge in [-0.15, -0.1) is 0 Å². The third-order valence-corrected chi connectivity index (χ3v) is 2.79. The highest BCUT2D eigenvalue weighted by Gasteiger charge is 2.07. The number of methoxy groups -OCH3 is 2. The Bertz CT molecular complexity index is 696. The molecule has 0 radical (unpaired) electrons. The molecule has 1 N–H and O–H groups in total. The van der Waals surface area contributed by atoms with E-state index in [4.69, 9.17) is 18.8 Å². The molecule has 0 unspecified atom stereocenters. The highest BCUT2D eigenvalue weighted by Crippen LogP contribution is 2.22. The fraction of sp³-hybridized carbons (Fsp3) is 0.267. The molecule has 122 valence electrons. The normalized spacial score (nSPS) is 10.6. The number of anilines is 1. The molecule has 8 nitrogen and oxygen atoms in total. The molecule has 0 aliphatic rings. The Hall–Kier alpha value is -3.03. The fourth-order valence-corrected chi connectivity index (χ4v) is 1.73. The first kappa shape index (κ1) is 16.3. The summed E-state index contributed by atoms with van der Waals surface area (Å²) in [6.07, 6.45) is 1.44. The van der Waals surface area contributed by atoms with E-state index in [1.165, 1.54) is 6.21 Å². The van der Waals surface area contributed by atoms with Crippen molar-refractivity contribution in [3.8, 4) is 11.5 Å². The van der Waals surface area contributed by atoms with Crippen LogP contribution in [-0.2, 0) is 9.63 Å². The highest BCUT2D eigenvalue weighted by molar-refractivity contribution is 5.90. The van der Waals surface area contributed by atoms with Crippen molar-refractivity contribution in [2.24, 2.45) is 5.16 Å². The van der Waals surface area contributed by atoms with Crippen LogP contribution < -0.4 is 14.8 Å². The number of hydrogen-bond acceptors (Lipinski definition) is 7. The van der Waals surface area contributed by atoms with E-state index in [2.05, 4.69) is 15.6 Å². The van der Waals surface area contributed by atoms with Gasteiger partial charge in [0.15, 0.2) is 12.4 Å². The van der Waals surface area contributed by atoms with Gasteiger partial charge in [0.2, 0.25) is 0 Å². The summed E-state index contributed by atoms with van der Waals surface area (Å²) in [5, 5.41) is 9.90. The topological polar surface area (TPSA) is 95.2 Å². The van der Waals surface area contributed by atoms with Gasteiger partial charge >= 0.3 is 0 Å². The highest BCUT2D eigenvalue weighted by atomic mass is 16.6. The van der Waals surface area contributed by atoms with Crippen LogP contribution in [0.3, 0.4) is 0 Å². The van der Waals surface area contributed by atoms with Crippen LogP contribution in [0.1, 0.15) is 11.3 Å². The van der Waals surface area contributed by atoms with E-state index in [1.54, 1.807) is 45.4 Å². The second-order valence-electron chi connectivity index (χ2n) is 4.49. The van der Waals surface area contributed by atoms with Crippen LogP contribution in [-0.4, -0.2) is 38.1 Å². The van der Waals surface area contributed by atoms with E-state index in [1.807, 2.05) is 0 Å². The summed E-state index contributed by atoms with van der Waals surface area (Å²) < 4.78 is 15.2. The molecule has 8 heteroatoms. The Balaban J connectivity index is 1.87. The zero-order valence-electron chi connectivity index (χ0n) is 13.0. The second kappa shape index (κ2) is 7.83. The van der Waals surface area contributed by atoms with Crippen molar-refractivity contribution >= 4 is 17.9 Å². The summed E-state index contributed by atoms with van der Waals surface area (Å²) >= 11 is 0. The number of amides is 1. The summed E-state index contributed by atoms with van der Waals surface area (Å²) in [5.41, 5.74) is 0.666. The lowest BCUT2D eigenvalue weighted by atomic mass is 10.2. The molecule has 0 aliphatic heterocycles. The average molecular weight is 319 g/mol. The quantitative estimate of drug-likeness (QED) is 0.619. The number of nitrogens with zero attached hydrogens (tertiary/aromatic N) is 2. The summed E-state index contributed by atoms with van der Waals surface area (Å²) in [6.45, 7) is 1.47. The Morgan fingerprint density at radius 1 is 1.35 bits per heavy atom. The van der Waals surface area contributed by atoms with Crippen LogP contribution in [0.5, 0.6) is 11.5 Å². The molecule has 0 bridgehead atoms. The number of hydrogen-bond donors (Lipinski definition) is 1. The lowest BCUT2D eigenvalue weighted by Crippen LogP contribution is -2.17. The van der Waals surface area contributed by atoms with Gasteiger partial charge in [-0.25, -0.2) is 0 Å². The molecular formula is C15H17N3O5. The maximum atomic E-state index is 11.6. The van der Waals surface area contributed by atoms with Gasteiger partial charge in [-0.3, -0.25) is 4.79 Å². The van der Waals surface area contributed by atoms with E-state index >= 15 is 0 Å². The first-order valence-corrected chi connectivity index (χ1v) is 6.73. The van der Waals surface area contributed by atoms with E-state index in [9.17, 15) is 4.79 Å². The van der Waals surface area contributed by atoms with Gasteiger partial charge in [0.05, 0.1) is 20.4 Å². The lowest BCUT2D eigenvalue weighted by molar-refractivity contribution is -0.120. The van der Waals surface area contributed by atoms with Gasteiger partial charge in [-0.2, -0.15) is 0 Å². The van der Waals surface area contributed by atoms with Crippen LogP contribution in [0, 0.1) is 6.92 Å². The number of ether oxygens (including phenoxy) is 2. The van der Waals surface area contributed by atoms with Gasteiger partial charge in [-0.1, -0.05) is 10.3 Å². The molecule has 1 heterocycles. The third kappa shape index (κ3) is 4.73. The number of nitrogens with one attached hydrogen (secondary N) is 1. The molecule has 1 aromatic carbocycles. The Morgan fingerprint density at radius 2 is 2.17 bits per heavy atom. The Labute approximate surface area is 133 Å². The fourth-order valence-electron chi connectivity index (χ4n) is 1.73. The van der Waals surface area contributed by atoms with E-state index in [0.717, 1.165) is 0 Å². The molecule has 2 aromatic rings. The molecule has 0 spiro atoms. The van der Waals surface area contributed by atoms with Crippen LogP contribution >= 0.6 is 0 Å². The molecule has 0 aliphatic carbocycles. The smallest absolute Gasteiger partial charge is 0.266 e. The van der Waals surface area contributed by atoms with Gasteiger partial charge in [0.1, 0.15) is 17.3 Å². The van der Waals surface area contributed by atoms with Crippen molar-refractivity contribution in [2.45, 2.75) is 6.92 Å². The third-order valence-electron chi connectivity index (χ3n) is 2.79. The molecule has 0 atom stereocenters. The number of carbonyl (C=O) groups is 1. The maximum absolute atomic E-state index is 11.6. The molecule has 0 fully saturated rings. The largest absolute Gasteiger partial charge is 0.497 e. The van der Waals surface area contributed by atoms with Crippen molar-refractivity contribution < 1.29 is 23.6 Å². The van der Waals surface area contributed by atoms with Crippen LogP contribution in [0.25, 0.3) is 0 Å². The Morgan fingerprint density at radius 3 is 2.83 bits per heavy atom. The first-order chi connectivity index (χ1) is 11.1. The van der Waals surface area contributed by atoms with E-state index in [-0.39, 0.29) is 6.61 Å². The number of carbonyl (C=O) groups excluding carboxylic acids is 1. The zero-order valence-corrected chi connectivity index (χ0v) is 13.0. The van der Waals surface area contributed by atoms with Crippen molar-refractivity contribution in [1.82, 2.24) is 5.16 Å². The molecule has 1 aromatic heterocycles. The van der Waals surface area contributed by atoms with Crippen molar-refractivity contribution in [3.05, 3.63) is 35.6 Å². The number of rotatable bonds is 7. The number of aryl methyl sites for hydroxylation is 1. The second-order valence-corrected chi connectivity index (χ2v) is 4.49. The summed E-state index contributed by atoms with van der Waals surface area (Å²) in [4.78, 5) is 16.6. The minimum Gasteiger partial charge on any atom is -0.497 e. The molecule has 0 saturated carbocycles. The van der Waals surface area contributed by atoms with E-state index in [0.29, 0.717) is 28.6 Å². The molecule has 0 saturated heterocycles. The van der Waals surface area contributed by atoms with Gasteiger partial charge < -0.3 is 24.2 Å². The predicted molar refractivity (Wildman–Crippen MR) is 83.0 cm³/mol. The maximum Gasteiger partial charge on any atom is 0.266 e. The number of benzene rings is 1. The SMILES string of the molecule is COc1ccc(OC)c(/C=N/OCC(=O)Nc2cc(C)on2)c1. The molecule has 23 heavy (non-hydrogen) atoms. The standard InChI is InChI=1S/C15H17N3O5/c1-10-6-14(18-23-10)17-15(19)9-22-16-8-11-7-12(20-2)4-5-13(11)21-3/h4-8H,9H2,1-3H3,(H,17,18,19)/b16-8+. The number of oxime groups is 1. The monoisotopic (exact) mass is 319 g/mol. The van der Waals surface area contributed by atoms with Crippen LogP contribution in [0.4, 0.5) is 5.82 Å². The van der Waals surface area contributed by atoms with Gasteiger partial charge in [0.25, 0.3) is 5.91 Å². The van der Waals surface area contributed by atoms with Crippen LogP contribution in [0.15, 0.2) is 33.9 Å². The van der Waals surface area contributed by atoms with Crippen LogP contribution in [0.2, 0.25) is 0 Å². The average Bonchev–Trinajstić information content (AvgIpc) is 2.96. The molecule has 1 amide bonds. The summed E-state index contributed by atoms with van der Waals surface area (Å²) in [5.74, 6) is 1.80. The lowest BCUT2D eigenvalue weighted by Gasteiger charge is -2.06.